The van der Waals surface area contributed by atoms with Crippen molar-refractivity contribution < 1.29 is 13.9 Å². The Balaban J connectivity index is 1.31. The van der Waals surface area contributed by atoms with Crippen molar-refractivity contribution in [3.05, 3.63) is 107 Å². The SMILES string of the molecule is Cc1nc(Oc2ccc(NC(=O)c3cc(=O)c4ccccc4o3)cc2)cc(-n2cccc2)n1. The van der Waals surface area contributed by atoms with Gasteiger partial charge in [-0.05, 0) is 55.5 Å². The molecular weight excluding hydrogens is 420 g/mol. The highest BCUT2D eigenvalue weighted by molar-refractivity contribution is 6.03. The third kappa shape index (κ3) is 4.35. The largest absolute Gasteiger partial charge is 0.451 e. The molecule has 0 atom stereocenters. The highest BCUT2D eigenvalue weighted by atomic mass is 16.5. The first kappa shape index (κ1) is 20.2. The molecular formula is C25H18N4O4. The van der Waals surface area contributed by atoms with Gasteiger partial charge in [-0.3, -0.25) is 9.59 Å². The van der Waals surface area contributed by atoms with Crippen molar-refractivity contribution in [2.45, 2.75) is 6.92 Å². The van der Waals surface area contributed by atoms with Crippen molar-refractivity contribution in [1.29, 1.82) is 0 Å². The van der Waals surface area contributed by atoms with Gasteiger partial charge in [0.1, 0.15) is 23.0 Å². The second-order valence-electron chi connectivity index (χ2n) is 7.25. The van der Waals surface area contributed by atoms with E-state index in [9.17, 15) is 9.59 Å². The fourth-order valence-corrected chi connectivity index (χ4v) is 3.33. The van der Waals surface area contributed by atoms with E-state index in [1.54, 1.807) is 61.5 Å². The number of amides is 1. The van der Waals surface area contributed by atoms with Crippen molar-refractivity contribution in [2.75, 3.05) is 5.32 Å². The number of carbonyl (C=O) groups excluding carboxylic acids is 1. The fraction of sp³-hybridized carbons (Fsp3) is 0.0400. The zero-order valence-electron chi connectivity index (χ0n) is 17.6. The molecule has 0 radical (unpaired) electrons. The van der Waals surface area contributed by atoms with Gasteiger partial charge in [0, 0.05) is 30.2 Å². The van der Waals surface area contributed by atoms with E-state index in [0.29, 0.717) is 39.9 Å². The normalized spacial score (nSPS) is 10.8. The molecule has 0 aliphatic carbocycles. The van der Waals surface area contributed by atoms with Crippen LogP contribution in [0.5, 0.6) is 11.6 Å². The van der Waals surface area contributed by atoms with Crippen LogP contribution < -0.4 is 15.5 Å². The van der Waals surface area contributed by atoms with Crippen LogP contribution in [-0.2, 0) is 0 Å². The van der Waals surface area contributed by atoms with Crippen LogP contribution in [0.4, 0.5) is 5.69 Å². The minimum absolute atomic E-state index is 0.0620. The summed E-state index contributed by atoms with van der Waals surface area (Å²) in [5.41, 5.74) is 0.610. The van der Waals surface area contributed by atoms with Crippen molar-refractivity contribution >= 4 is 22.6 Å². The molecule has 3 aromatic heterocycles. The average Bonchev–Trinajstić information content (AvgIpc) is 3.35. The number of nitrogens with zero attached hydrogens (tertiary/aromatic N) is 3. The van der Waals surface area contributed by atoms with Gasteiger partial charge < -0.3 is 19.0 Å². The molecule has 1 amide bonds. The zero-order valence-corrected chi connectivity index (χ0v) is 17.6. The van der Waals surface area contributed by atoms with Gasteiger partial charge >= 0.3 is 0 Å². The lowest BCUT2D eigenvalue weighted by Gasteiger charge is -2.10. The van der Waals surface area contributed by atoms with E-state index in [1.807, 2.05) is 29.1 Å². The van der Waals surface area contributed by atoms with E-state index in [2.05, 4.69) is 15.3 Å². The molecule has 8 nitrogen and oxygen atoms in total. The monoisotopic (exact) mass is 438 g/mol. The second kappa shape index (κ2) is 8.43. The Morgan fingerprint density at radius 1 is 0.970 bits per heavy atom. The Kier molecular flexibility index (Phi) is 5.16. The van der Waals surface area contributed by atoms with E-state index in [4.69, 9.17) is 9.15 Å². The number of aryl methyl sites for hydroxylation is 1. The molecule has 1 N–H and O–H groups in total. The summed E-state index contributed by atoms with van der Waals surface area (Å²) in [6.45, 7) is 1.80. The number of hydrogen-bond donors (Lipinski definition) is 1. The number of benzene rings is 2. The van der Waals surface area contributed by atoms with Gasteiger partial charge in [-0.15, -0.1) is 0 Å². The molecule has 0 aliphatic rings. The molecule has 162 valence electrons. The van der Waals surface area contributed by atoms with Gasteiger partial charge in [-0.1, -0.05) is 12.1 Å². The van der Waals surface area contributed by atoms with Crippen molar-refractivity contribution in [1.82, 2.24) is 14.5 Å². The molecule has 0 saturated heterocycles. The predicted molar refractivity (Wildman–Crippen MR) is 123 cm³/mol. The molecule has 33 heavy (non-hydrogen) atoms. The highest BCUT2D eigenvalue weighted by Gasteiger charge is 2.13. The number of hydrogen-bond acceptors (Lipinski definition) is 6. The molecule has 0 fully saturated rings. The first-order valence-corrected chi connectivity index (χ1v) is 10.2. The summed E-state index contributed by atoms with van der Waals surface area (Å²) in [6.07, 6.45) is 3.78. The molecule has 0 aliphatic heterocycles. The summed E-state index contributed by atoms with van der Waals surface area (Å²) >= 11 is 0. The lowest BCUT2D eigenvalue weighted by Crippen LogP contribution is -2.14. The van der Waals surface area contributed by atoms with E-state index >= 15 is 0 Å². The van der Waals surface area contributed by atoms with Gasteiger partial charge in [-0.2, -0.15) is 4.98 Å². The quantitative estimate of drug-likeness (QED) is 0.426. The number of anilines is 1. The molecule has 0 unspecified atom stereocenters. The Morgan fingerprint density at radius 2 is 1.73 bits per heavy atom. The Hall–Kier alpha value is -4.72. The summed E-state index contributed by atoms with van der Waals surface area (Å²) < 4.78 is 13.3. The van der Waals surface area contributed by atoms with E-state index in [-0.39, 0.29) is 11.2 Å². The molecule has 0 bridgehead atoms. The molecule has 3 heterocycles. The predicted octanol–water partition coefficient (Wildman–Crippen LogP) is 4.73. The number of fused-ring (bicyclic) bond motifs is 1. The zero-order chi connectivity index (χ0) is 22.8. The van der Waals surface area contributed by atoms with Gasteiger partial charge in [0.15, 0.2) is 11.2 Å². The number of carbonyl (C=O) groups is 1. The third-order valence-corrected chi connectivity index (χ3v) is 4.86. The van der Waals surface area contributed by atoms with Crippen LogP contribution in [-0.4, -0.2) is 20.4 Å². The Labute approximate surface area is 188 Å². The topological polar surface area (TPSA) is 99.2 Å². The van der Waals surface area contributed by atoms with Gasteiger partial charge in [0.25, 0.3) is 5.91 Å². The minimum Gasteiger partial charge on any atom is -0.451 e. The summed E-state index contributed by atoms with van der Waals surface area (Å²) in [6, 6.07) is 20.3. The van der Waals surface area contributed by atoms with Crippen LogP contribution in [0.1, 0.15) is 16.4 Å². The molecule has 2 aromatic carbocycles. The number of ether oxygens (including phenoxy) is 1. The van der Waals surface area contributed by atoms with Crippen LogP contribution in [0.3, 0.4) is 0 Å². The van der Waals surface area contributed by atoms with E-state index in [0.717, 1.165) is 0 Å². The molecule has 8 heteroatoms. The van der Waals surface area contributed by atoms with Crippen LogP contribution in [0.15, 0.2) is 94.4 Å². The lowest BCUT2D eigenvalue weighted by molar-refractivity contribution is 0.0997. The standard InChI is InChI=1S/C25H18N4O4/c1-16-26-23(29-12-4-5-13-29)15-24(27-16)32-18-10-8-17(9-11-18)28-25(31)22-14-20(30)19-6-2-3-7-21(19)33-22/h2-15H,1H3,(H,28,31). The van der Waals surface area contributed by atoms with Crippen LogP contribution in [0.25, 0.3) is 16.8 Å². The van der Waals surface area contributed by atoms with Gasteiger partial charge in [0.2, 0.25) is 5.88 Å². The Morgan fingerprint density at radius 3 is 2.52 bits per heavy atom. The minimum atomic E-state index is -0.519. The third-order valence-electron chi connectivity index (χ3n) is 4.86. The maximum absolute atomic E-state index is 12.6. The van der Waals surface area contributed by atoms with E-state index < -0.39 is 5.91 Å². The number of para-hydroxylation sites is 1. The smallest absolute Gasteiger partial charge is 0.291 e. The first-order chi connectivity index (χ1) is 16.0. The Bertz CT molecular complexity index is 1510. The van der Waals surface area contributed by atoms with Crippen LogP contribution in [0, 0.1) is 6.92 Å². The van der Waals surface area contributed by atoms with Gasteiger partial charge in [0.05, 0.1) is 5.39 Å². The molecule has 5 aromatic rings. The van der Waals surface area contributed by atoms with Crippen LogP contribution in [0.2, 0.25) is 0 Å². The van der Waals surface area contributed by atoms with Gasteiger partial charge in [-0.25, -0.2) is 4.98 Å². The number of rotatable bonds is 5. The first-order valence-electron chi connectivity index (χ1n) is 10.2. The fourth-order valence-electron chi connectivity index (χ4n) is 3.33. The lowest BCUT2D eigenvalue weighted by atomic mass is 10.2. The highest BCUT2D eigenvalue weighted by Crippen LogP contribution is 2.23. The van der Waals surface area contributed by atoms with Crippen molar-refractivity contribution in [3.8, 4) is 17.4 Å². The van der Waals surface area contributed by atoms with Crippen molar-refractivity contribution in [3.63, 3.8) is 0 Å². The molecule has 0 saturated carbocycles. The second-order valence-corrected chi connectivity index (χ2v) is 7.25. The summed E-state index contributed by atoms with van der Waals surface area (Å²) in [7, 11) is 0. The maximum atomic E-state index is 12.6. The maximum Gasteiger partial charge on any atom is 0.291 e. The number of nitrogens with one attached hydrogen (secondary N) is 1. The summed E-state index contributed by atoms with van der Waals surface area (Å²) in [4.78, 5) is 33.5. The average molecular weight is 438 g/mol. The summed E-state index contributed by atoms with van der Waals surface area (Å²) in [5.74, 6) is 1.64. The molecule has 0 spiro atoms. The summed E-state index contributed by atoms with van der Waals surface area (Å²) in [5, 5.41) is 3.15. The van der Waals surface area contributed by atoms with Crippen LogP contribution >= 0.6 is 0 Å². The number of aromatic nitrogens is 3. The van der Waals surface area contributed by atoms with Crippen molar-refractivity contribution in [2.24, 2.45) is 0 Å². The van der Waals surface area contributed by atoms with E-state index in [1.165, 1.54) is 6.07 Å². The molecule has 5 rings (SSSR count).